The number of ether oxygens (including phenoxy) is 1. The lowest BCUT2D eigenvalue weighted by Crippen LogP contribution is -2.48. The van der Waals surface area contributed by atoms with Crippen molar-refractivity contribution in [1.82, 2.24) is 5.32 Å². The maximum Gasteiger partial charge on any atom is 0.379 e. The molecule has 3 aromatic rings. The average Bonchev–Trinajstić information content (AvgIpc) is 2.78. The van der Waals surface area contributed by atoms with E-state index in [1.54, 1.807) is 11.8 Å². The molecule has 6 heteroatoms. The number of allylic oxidation sites excluding steroid dienone is 1. The zero-order valence-electron chi connectivity index (χ0n) is 16.6. The van der Waals surface area contributed by atoms with Crippen molar-refractivity contribution < 1.29 is 14.3 Å². The molecular weight excluding hydrogens is 396 g/mol. The number of carbonyl (C=O) groups is 2. The molecule has 0 spiro atoms. The summed E-state index contributed by atoms with van der Waals surface area (Å²) >= 11 is 5.65. The van der Waals surface area contributed by atoms with Gasteiger partial charge in [-0.15, -0.1) is 0 Å². The number of benzene rings is 3. The van der Waals surface area contributed by atoms with Crippen LogP contribution in [0.4, 0.5) is 5.69 Å². The fourth-order valence-corrected chi connectivity index (χ4v) is 4.13. The predicted octanol–water partition coefficient (Wildman–Crippen LogP) is 4.29. The fourth-order valence-electron chi connectivity index (χ4n) is 3.77. The van der Waals surface area contributed by atoms with Crippen LogP contribution in [-0.2, 0) is 14.3 Å². The molecule has 0 fully saturated rings. The van der Waals surface area contributed by atoms with Crippen molar-refractivity contribution in [2.24, 2.45) is 0 Å². The quantitative estimate of drug-likeness (QED) is 0.389. The highest BCUT2D eigenvalue weighted by Gasteiger charge is 2.37. The van der Waals surface area contributed by atoms with Gasteiger partial charge < -0.3 is 10.1 Å². The van der Waals surface area contributed by atoms with Crippen LogP contribution in [0.15, 0.2) is 84.1 Å². The molecule has 0 saturated carbocycles. The highest BCUT2D eigenvalue weighted by molar-refractivity contribution is 7.80. The number of anilines is 1. The molecule has 3 aromatic carbocycles. The lowest BCUT2D eigenvalue weighted by atomic mass is 9.90. The number of ketones is 1. The summed E-state index contributed by atoms with van der Waals surface area (Å²) in [6.07, 6.45) is 0. The Hall–Kier alpha value is -3.51. The molecule has 5 nitrogen and oxygen atoms in total. The highest BCUT2D eigenvalue weighted by Crippen LogP contribution is 2.35. The van der Waals surface area contributed by atoms with Crippen LogP contribution in [0, 0.1) is 0 Å². The molecule has 150 valence electrons. The standard InChI is InChI=1S/C24H20N2O3S/c1-15-20(22(27)23(28)29-2)21(18-13-12-16-8-6-7-9-17(16)14-18)25-24(30)26(15)19-10-4-3-5-11-19/h3-14,21H,1-2H3,(H,25,30)/t21-/m0/s1. The molecular formula is C24H20N2O3S. The minimum absolute atomic E-state index is 0.314. The summed E-state index contributed by atoms with van der Waals surface area (Å²) in [6, 6.07) is 22.8. The van der Waals surface area contributed by atoms with Crippen molar-refractivity contribution in [2.75, 3.05) is 12.0 Å². The lowest BCUT2D eigenvalue weighted by molar-refractivity contribution is -0.150. The van der Waals surface area contributed by atoms with Crippen molar-refractivity contribution in [2.45, 2.75) is 13.0 Å². The molecule has 30 heavy (non-hydrogen) atoms. The third-order valence-electron chi connectivity index (χ3n) is 5.22. The van der Waals surface area contributed by atoms with E-state index in [0.717, 1.165) is 22.0 Å². The second-order valence-electron chi connectivity index (χ2n) is 6.98. The minimum Gasteiger partial charge on any atom is -0.463 e. The Bertz CT molecular complexity index is 1190. The minimum atomic E-state index is -0.905. The summed E-state index contributed by atoms with van der Waals surface area (Å²) in [6.45, 7) is 1.80. The van der Waals surface area contributed by atoms with E-state index < -0.39 is 17.8 Å². The molecule has 1 atom stereocenters. The van der Waals surface area contributed by atoms with Crippen molar-refractivity contribution in [1.29, 1.82) is 0 Å². The van der Waals surface area contributed by atoms with Gasteiger partial charge in [-0.3, -0.25) is 9.69 Å². The normalized spacial score (nSPS) is 16.4. The van der Waals surface area contributed by atoms with Crippen LogP contribution in [0.3, 0.4) is 0 Å². The van der Waals surface area contributed by atoms with E-state index >= 15 is 0 Å². The van der Waals surface area contributed by atoms with Crippen LogP contribution in [0.2, 0.25) is 0 Å². The molecule has 1 aliphatic heterocycles. The number of carbonyl (C=O) groups excluding carboxylic acids is 2. The third-order valence-corrected chi connectivity index (χ3v) is 5.52. The first-order valence-electron chi connectivity index (χ1n) is 9.49. The number of methoxy groups -OCH3 is 1. The van der Waals surface area contributed by atoms with Gasteiger partial charge in [0, 0.05) is 11.4 Å². The van der Waals surface area contributed by atoms with E-state index in [4.69, 9.17) is 17.0 Å². The summed E-state index contributed by atoms with van der Waals surface area (Å²) < 4.78 is 4.73. The Labute approximate surface area is 179 Å². The number of hydrogen-bond acceptors (Lipinski definition) is 4. The van der Waals surface area contributed by atoms with Gasteiger partial charge >= 0.3 is 5.97 Å². The number of hydrogen-bond donors (Lipinski definition) is 1. The number of thiocarbonyl (C=S) groups is 1. The van der Waals surface area contributed by atoms with Gasteiger partial charge in [-0.25, -0.2) is 4.79 Å². The smallest absolute Gasteiger partial charge is 0.379 e. The Kier molecular flexibility index (Phi) is 5.33. The Morgan fingerprint density at radius 1 is 0.967 bits per heavy atom. The molecule has 1 aliphatic rings. The Balaban J connectivity index is 1.88. The van der Waals surface area contributed by atoms with Crippen LogP contribution in [0.5, 0.6) is 0 Å². The molecule has 0 amide bonds. The summed E-state index contributed by atoms with van der Waals surface area (Å²) in [5, 5.41) is 5.84. The zero-order valence-corrected chi connectivity index (χ0v) is 17.4. The van der Waals surface area contributed by atoms with Gasteiger partial charge in [0.2, 0.25) is 0 Å². The van der Waals surface area contributed by atoms with Crippen LogP contribution in [-0.4, -0.2) is 24.0 Å². The predicted molar refractivity (Wildman–Crippen MR) is 121 cm³/mol. The van der Waals surface area contributed by atoms with Gasteiger partial charge in [0.05, 0.1) is 18.7 Å². The third kappa shape index (κ3) is 3.46. The molecule has 0 radical (unpaired) electrons. The monoisotopic (exact) mass is 416 g/mol. The van der Waals surface area contributed by atoms with E-state index in [1.807, 2.05) is 72.8 Å². The van der Waals surface area contributed by atoms with Gasteiger partial charge in [-0.05, 0) is 53.7 Å². The van der Waals surface area contributed by atoms with Crippen molar-refractivity contribution in [3.05, 3.63) is 89.6 Å². The summed E-state index contributed by atoms with van der Waals surface area (Å²) in [7, 11) is 1.21. The van der Waals surface area contributed by atoms with E-state index in [1.165, 1.54) is 7.11 Å². The molecule has 0 bridgehead atoms. The van der Waals surface area contributed by atoms with Gasteiger partial charge in [-0.1, -0.05) is 54.6 Å². The SMILES string of the molecule is COC(=O)C(=O)C1=C(C)N(c2ccccc2)C(=S)N[C@H]1c1ccc2ccccc2c1. The first-order valence-corrected chi connectivity index (χ1v) is 9.90. The maximum absolute atomic E-state index is 13.0. The van der Waals surface area contributed by atoms with E-state index in [9.17, 15) is 9.59 Å². The maximum atomic E-state index is 13.0. The number of fused-ring (bicyclic) bond motifs is 1. The Morgan fingerprint density at radius 2 is 1.63 bits per heavy atom. The zero-order chi connectivity index (χ0) is 21.3. The molecule has 0 unspecified atom stereocenters. The molecule has 4 rings (SSSR count). The number of nitrogens with one attached hydrogen (secondary N) is 1. The number of para-hydroxylation sites is 1. The lowest BCUT2D eigenvalue weighted by Gasteiger charge is -2.37. The Morgan fingerprint density at radius 3 is 2.33 bits per heavy atom. The molecule has 0 saturated heterocycles. The van der Waals surface area contributed by atoms with Crippen molar-refractivity contribution in [3.63, 3.8) is 0 Å². The second-order valence-corrected chi connectivity index (χ2v) is 7.37. The molecule has 0 aliphatic carbocycles. The topological polar surface area (TPSA) is 58.6 Å². The number of nitrogens with zero attached hydrogens (tertiary/aromatic N) is 1. The van der Waals surface area contributed by atoms with Crippen molar-refractivity contribution >= 4 is 45.5 Å². The van der Waals surface area contributed by atoms with E-state index in [0.29, 0.717) is 16.4 Å². The van der Waals surface area contributed by atoms with Crippen LogP contribution >= 0.6 is 12.2 Å². The molecule has 1 heterocycles. The number of rotatable bonds is 4. The highest BCUT2D eigenvalue weighted by atomic mass is 32.1. The number of Topliss-reactive ketones (excluding diaryl/α,β-unsaturated/α-hetero) is 1. The summed E-state index contributed by atoms with van der Waals surface area (Å²) in [5.74, 6) is -1.60. The summed E-state index contributed by atoms with van der Waals surface area (Å²) in [4.78, 5) is 27.0. The van der Waals surface area contributed by atoms with Gasteiger partial charge in [-0.2, -0.15) is 0 Å². The van der Waals surface area contributed by atoms with Gasteiger partial charge in [0.25, 0.3) is 5.78 Å². The largest absolute Gasteiger partial charge is 0.463 e. The van der Waals surface area contributed by atoms with Crippen LogP contribution < -0.4 is 10.2 Å². The van der Waals surface area contributed by atoms with Crippen LogP contribution in [0.1, 0.15) is 18.5 Å². The first-order chi connectivity index (χ1) is 14.5. The second kappa shape index (κ2) is 8.08. The molecule has 0 aromatic heterocycles. The fraction of sp³-hybridized carbons (Fsp3) is 0.125. The number of esters is 1. The van der Waals surface area contributed by atoms with Gasteiger partial charge in [0.15, 0.2) is 5.11 Å². The van der Waals surface area contributed by atoms with E-state index in [-0.39, 0.29) is 0 Å². The first kappa shape index (κ1) is 19.8. The van der Waals surface area contributed by atoms with Crippen LogP contribution in [0.25, 0.3) is 10.8 Å². The molecule has 1 N–H and O–H groups in total. The van der Waals surface area contributed by atoms with E-state index in [2.05, 4.69) is 5.32 Å². The van der Waals surface area contributed by atoms with Crippen molar-refractivity contribution in [3.8, 4) is 0 Å². The summed E-state index contributed by atoms with van der Waals surface area (Å²) in [5.41, 5.74) is 2.56. The average molecular weight is 417 g/mol. The van der Waals surface area contributed by atoms with Gasteiger partial charge in [0.1, 0.15) is 0 Å².